The van der Waals surface area contributed by atoms with Crippen molar-refractivity contribution >= 4 is 6.15 Å². The summed E-state index contributed by atoms with van der Waals surface area (Å²) in [5.74, 6) is -0.328. The average Bonchev–Trinajstić information content (AvgIpc) is 3.75. The smallest absolute Gasteiger partial charge is 0.373 e. The molecule has 5 rings (SSSR count). The Bertz CT molecular complexity index is 761. The molecule has 0 unspecified atom stereocenters. The molecule has 1 N–H and O–H groups in total. The van der Waals surface area contributed by atoms with Crippen molar-refractivity contribution in [3.63, 3.8) is 0 Å². The molecule has 43 heavy (non-hydrogen) atoms. The summed E-state index contributed by atoms with van der Waals surface area (Å²) in [7, 11) is 0. The molecule has 254 valence electrons. The molecule has 0 aromatic rings. The summed E-state index contributed by atoms with van der Waals surface area (Å²) in [6, 6.07) is 0. The number of fused-ring (bicyclic) bond motifs is 2. The normalized spacial score (nSPS) is 37.7. The maximum atomic E-state index is 8.99. The van der Waals surface area contributed by atoms with Gasteiger partial charge >= 0.3 is 6.15 Å². The third kappa shape index (κ3) is 10.3. The summed E-state index contributed by atoms with van der Waals surface area (Å²) >= 11 is 0. The van der Waals surface area contributed by atoms with Gasteiger partial charge in [0.05, 0.1) is 11.2 Å². The first kappa shape index (κ1) is 40.1. The molecule has 10 heteroatoms. The second-order valence-corrected chi connectivity index (χ2v) is 12.9. The molecule has 0 saturated carbocycles. The van der Waals surface area contributed by atoms with E-state index < -0.39 is 11.6 Å². The average molecular weight is 619 g/mol. The van der Waals surface area contributed by atoms with Gasteiger partial charge in [0, 0.05) is 31.7 Å². The van der Waals surface area contributed by atoms with E-state index in [1.54, 1.807) is 0 Å². The number of rotatable bonds is 8. The molecule has 0 aromatic heterocycles. The Morgan fingerprint density at radius 3 is 1.37 bits per heavy atom. The van der Waals surface area contributed by atoms with Crippen LogP contribution in [0.1, 0.15) is 128 Å². The molecule has 5 heterocycles. The van der Waals surface area contributed by atoms with Gasteiger partial charge in [-0.1, -0.05) is 54.9 Å². The summed E-state index contributed by atoms with van der Waals surface area (Å²) in [6.45, 7) is 20.9. The minimum Gasteiger partial charge on any atom is -0.396 e. The molecule has 0 radical (unpaired) electrons. The van der Waals surface area contributed by atoms with Gasteiger partial charge in [0.25, 0.3) is 0 Å². The van der Waals surface area contributed by atoms with Gasteiger partial charge in [-0.2, -0.15) is 9.59 Å². The second-order valence-electron chi connectivity index (χ2n) is 12.9. The molecule has 5 aliphatic rings. The molecule has 0 bridgehead atoms. The summed E-state index contributed by atoms with van der Waals surface area (Å²) in [5.41, 5.74) is -0.240. The Morgan fingerprint density at radius 1 is 0.698 bits per heavy atom. The first-order chi connectivity index (χ1) is 19.8. The lowest BCUT2D eigenvalue weighted by Gasteiger charge is -2.34. The fourth-order valence-electron chi connectivity index (χ4n) is 6.75. The van der Waals surface area contributed by atoms with Crippen LogP contribution in [0, 0.1) is 11.8 Å². The van der Waals surface area contributed by atoms with Crippen molar-refractivity contribution in [2.45, 2.75) is 175 Å². The van der Waals surface area contributed by atoms with Crippen LogP contribution in [0.25, 0.3) is 0 Å². The van der Waals surface area contributed by atoms with E-state index >= 15 is 0 Å². The molecule has 0 amide bonds. The number of hydrogen-bond donors (Lipinski definition) is 1. The highest BCUT2D eigenvalue weighted by molar-refractivity contribution is 5.20. The van der Waals surface area contributed by atoms with E-state index in [0.717, 1.165) is 45.3 Å². The third-order valence-electron chi connectivity index (χ3n) is 9.26. The highest BCUT2D eigenvalue weighted by atomic mass is 16.8. The van der Waals surface area contributed by atoms with E-state index in [-0.39, 0.29) is 56.2 Å². The number of hydrogen-bond acceptors (Lipinski definition) is 10. The van der Waals surface area contributed by atoms with E-state index in [2.05, 4.69) is 34.6 Å². The van der Waals surface area contributed by atoms with Gasteiger partial charge in [-0.3, -0.25) is 0 Å². The van der Waals surface area contributed by atoms with Crippen LogP contribution in [-0.4, -0.2) is 78.6 Å². The monoisotopic (exact) mass is 618 g/mol. The molecule has 5 saturated heterocycles. The SMILES string of the molecule is C.C1CCOC1.CCCC[C@]1(CC)O[C@@H]2OC(C)(C)O[C@@H]2[C@@H]1C.CC[C@@]1(CCCO)O[C@@H]2OC(C)(C)O[C@@H]2[C@@H]1C.O=C=O. The predicted octanol–water partition coefficient (Wildman–Crippen LogP) is 6.37. The minimum atomic E-state index is -0.541. The number of unbranched alkanes of at least 4 members (excludes halogenated alkanes) is 1. The topological polar surface area (TPSA) is 119 Å². The first-order valence-corrected chi connectivity index (χ1v) is 16.0. The van der Waals surface area contributed by atoms with Crippen LogP contribution in [0.15, 0.2) is 0 Å². The van der Waals surface area contributed by atoms with Gasteiger partial charge < -0.3 is 38.3 Å². The lowest BCUT2D eigenvalue weighted by atomic mass is 9.81. The highest BCUT2D eigenvalue weighted by Gasteiger charge is 2.59. The van der Waals surface area contributed by atoms with E-state index in [0.29, 0.717) is 11.8 Å². The quantitative estimate of drug-likeness (QED) is 0.329. The third-order valence-corrected chi connectivity index (χ3v) is 9.26. The van der Waals surface area contributed by atoms with Gasteiger partial charge in [-0.15, -0.1) is 0 Å². The predicted molar refractivity (Wildman–Crippen MR) is 162 cm³/mol. The van der Waals surface area contributed by atoms with Crippen molar-refractivity contribution < 1.29 is 47.9 Å². The van der Waals surface area contributed by atoms with Gasteiger partial charge in [0.15, 0.2) is 24.2 Å². The molecule has 10 nitrogen and oxygen atoms in total. The molecule has 5 aliphatic heterocycles. The highest BCUT2D eigenvalue weighted by Crippen LogP contribution is 2.50. The largest absolute Gasteiger partial charge is 0.396 e. The molecular formula is C33H62O10. The van der Waals surface area contributed by atoms with Crippen LogP contribution in [0.4, 0.5) is 0 Å². The van der Waals surface area contributed by atoms with Gasteiger partial charge in [-0.05, 0) is 72.6 Å². The number of carbonyl (C=O) groups excluding carboxylic acids is 2. The summed E-state index contributed by atoms with van der Waals surface area (Å²) in [6.07, 6.45) is 9.62. The van der Waals surface area contributed by atoms with E-state index in [4.69, 9.17) is 47.9 Å². The zero-order valence-corrected chi connectivity index (χ0v) is 27.6. The van der Waals surface area contributed by atoms with Gasteiger partial charge in [-0.25, -0.2) is 0 Å². The van der Waals surface area contributed by atoms with Crippen LogP contribution in [-0.2, 0) is 42.7 Å². The standard InChI is InChI=1S/C14H26O3.C13H24O4.C4H8O.CO2.CH4/c1-6-8-9-14(7-2)10(3)11-12(17-14)16-13(4,5)15-11;1-5-13(7-6-8-14)9(2)10-11(17-13)16-12(3,4)15-10;1-2-4-5-3-1;2-1-3;/h10-12H,6-9H2,1-5H3;9-11,14H,5-8H2,1-4H3;1-4H2;;1H4/t10-,11+,12-,14-;9-,10+,11-,13-;;;/m00.../s1. The molecule has 8 atom stereocenters. The number of aliphatic hydroxyl groups excluding tert-OH is 1. The lowest BCUT2D eigenvalue weighted by molar-refractivity contribution is -0.234. The second kappa shape index (κ2) is 17.7. The Morgan fingerprint density at radius 2 is 1.09 bits per heavy atom. The van der Waals surface area contributed by atoms with Crippen molar-refractivity contribution in [2.75, 3.05) is 19.8 Å². The number of aliphatic hydroxyl groups is 1. The van der Waals surface area contributed by atoms with Crippen LogP contribution in [0.5, 0.6) is 0 Å². The summed E-state index contributed by atoms with van der Waals surface area (Å²) in [4.78, 5) is 16.2. The van der Waals surface area contributed by atoms with Gasteiger partial charge in [0.2, 0.25) is 0 Å². The lowest BCUT2D eigenvalue weighted by Crippen LogP contribution is -2.39. The van der Waals surface area contributed by atoms with Crippen molar-refractivity contribution in [3.8, 4) is 0 Å². The Hall–Kier alpha value is -0.940. The van der Waals surface area contributed by atoms with Gasteiger partial charge in [0.1, 0.15) is 12.2 Å². The van der Waals surface area contributed by atoms with Crippen LogP contribution < -0.4 is 0 Å². The Balaban J connectivity index is 0.000000337. The maximum absolute atomic E-state index is 8.99. The van der Waals surface area contributed by atoms with Crippen molar-refractivity contribution in [1.82, 2.24) is 0 Å². The fraction of sp³-hybridized carbons (Fsp3) is 0.970. The molecule has 0 spiro atoms. The fourth-order valence-corrected chi connectivity index (χ4v) is 6.75. The van der Waals surface area contributed by atoms with Crippen molar-refractivity contribution in [1.29, 1.82) is 0 Å². The van der Waals surface area contributed by atoms with E-state index in [1.807, 2.05) is 27.7 Å². The summed E-state index contributed by atoms with van der Waals surface area (Å²) < 4.78 is 40.8. The van der Waals surface area contributed by atoms with Crippen molar-refractivity contribution in [2.24, 2.45) is 11.8 Å². The molecular weight excluding hydrogens is 556 g/mol. The van der Waals surface area contributed by atoms with E-state index in [9.17, 15) is 0 Å². The molecule has 0 aliphatic carbocycles. The summed E-state index contributed by atoms with van der Waals surface area (Å²) in [5, 5.41) is 8.99. The zero-order chi connectivity index (χ0) is 31.6. The van der Waals surface area contributed by atoms with Crippen LogP contribution >= 0.6 is 0 Å². The Kier molecular flexibility index (Phi) is 16.5. The number of ether oxygens (including phenoxy) is 7. The molecule has 0 aromatic carbocycles. The minimum absolute atomic E-state index is 0. The maximum Gasteiger partial charge on any atom is 0.373 e. The zero-order valence-electron chi connectivity index (χ0n) is 27.6. The van der Waals surface area contributed by atoms with E-state index in [1.165, 1.54) is 25.7 Å². The first-order valence-electron chi connectivity index (χ1n) is 16.0. The van der Waals surface area contributed by atoms with Crippen LogP contribution in [0.3, 0.4) is 0 Å². The molecule has 5 fully saturated rings. The van der Waals surface area contributed by atoms with Crippen molar-refractivity contribution in [3.05, 3.63) is 0 Å². The Labute approximate surface area is 260 Å². The van der Waals surface area contributed by atoms with Crippen LogP contribution in [0.2, 0.25) is 0 Å².